The van der Waals surface area contributed by atoms with E-state index in [9.17, 15) is 37.9 Å². The number of carbonyl (C=O) groups excluding carboxylic acids is 3. The van der Waals surface area contributed by atoms with Crippen LogP contribution < -0.4 is 5.32 Å². The van der Waals surface area contributed by atoms with Crippen molar-refractivity contribution in [1.82, 2.24) is 5.32 Å². The van der Waals surface area contributed by atoms with E-state index in [1.807, 2.05) is 13.0 Å². The van der Waals surface area contributed by atoms with E-state index in [1.165, 1.54) is 6.92 Å². The first-order valence-electron chi connectivity index (χ1n) is 14.7. The number of nitrogens with one attached hydrogen (secondary N) is 1. The number of allylic oxidation sites excluding steroid dienone is 3. The number of nitrogens with zero attached hydrogens (tertiary/aromatic N) is 1. The molecule has 3 fully saturated rings. The van der Waals surface area contributed by atoms with E-state index in [0.29, 0.717) is 44.9 Å². The minimum Gasteiger partial charge on any atom is -0.382 e. The lowest BCUT2D eigenvalue weighted by Gasteiger charge is -2.68. The number of nitriles is 1. The lowest BCUT2D eigenvalue weighted by Crippen LogP contribution is -2.67. The van der Waals surface area contributed by atoms with E-state index in [0.717, 1.165) is 5.57 Å². The van der Waals surface area contributed by atoms with Crippen LogP contribution in [0.1, 0.15) is 86.5 Å². The highest BCUT2D eigenvalue weighted by Gasteiger charge is 2.71. The molecule has 2 unspecified atom stereocenters. The number of ketones is 2. The summed E-state index contributed by atoms with van der Waals surface area (Å²) in [4.78, 5) is 41.0. The summed E-state index contributed by atoms with van der Waals surface area (Å²) in [6.07, 6.45) is 2.39. The zero-order chi connectivity index (χ0) is 30.6. The molecule has 8 atom stereocenters. The van der Waals surface area contributed by atoms with Crippen molar-refractivity contribution >= 4 is 17.5 Å². The fourth-order valence-corrected chi connectivity index (χ4v) is 10.1. The van der Waals surface area contributed by atoms with E-state index in [-0.39, 0.29) is 16.8 Å². The number of aliphatic hydroxyl groups is 1. The third-order valence-corrected chi connectivity index (χ3v) is 12.4. The van der Waals surface area contributed by atoms with Crippen LogP contribution in [-0.4, -0.2) is 40.9 Å². The van der Waals surface area contributed by atoms with Gasteiger partial charge in [-0.3, -0.25) is 14.4 Å². The molecule has 6 nitrogen and oxygen atoms in total. The van der Waals surface area contributed by atoms with Gasteiger partial charge in [0, 0.05) is 17.3 Å². The molecule has 9 heteroatoms. The Hall–Kier alpha value is -2.47. The van der Waals surface area contributed by atoms with Crippen LogP contribution >= 0.6 is 0 Å². The molecule has 0 aliphatic heterocycles. The van der Waals surface area contributed by atoms with Crippen molar-refractivity contribution in [3.8, 4) is 6.07 Å². The predicted molar refractivity (Wildman–Crippen MR) is 145 cm³/mol. The zero-order valence-corrected chi connectivity index (χ0v) is 24.8. The molecule has 0 spiro atoms. The average molecular weight is 575 g/mol. The summed E-state index contributed by atoms with van der Waals surface area (Å²) in [5.41, 5.74) is -4.39. The van der Waals surface area contributed by atoms with Gasteiger partial charge in [-0.1, -0.05) is 46.3 Å². The topological polar surface area (TPSA) is 107 Å². The van der Waals surface area contributed by atoms with Crippen LogP contribution in [0.3, 0.4) is 0 Å². The number of hydrogen-bond acceptors (Lipinski definition) is 5. The molecule has 5 rings (SSSR count). The SMILES string of the molecule is CC1(C)CC[C@]2(C(=O)NCC(F)(F)F)CC[C@]3(C)C(C(=O)C=C4[C@@]5(C)C=C(C#N)C(=O)[C@@](C)(O)[C@@H]5CC[C@]43C)C2C1. The Morgan fingerprint density at radius 1 is 1.07 bits per heavy atom. The maximum absolute atomic E-state index is 14.4. The van der Waals surface area contributed by atoms with E-state index in [4.69, 9.17) is 0 Å². The normalized spacial score (nSPS) is 45.1. The summed E-state index contributed by atoms with van der Waals surface area (Å²) in [5, 5.41) is 23.3. The Bertz CT molecular complexity index is 1320. The molecule has 0 heterocycles. The minimum absolute atomic E-state index is 0.114. The number of amides is 1. The van der Waals surface area contributed by atoms with E-state index < -0.39 is 69.4 Å². The van der Waals surface area contributed by atoms with E-state index in [1.54, 1.807) is 12.2 Å². The van der Waals surface area contributed by atoms with Gasteiger partial charge in [0.25, 0.3) is 0 Å². The van der Waals surface area contributed by atoms with E-state index in [2.05, 4.69) is 33.0 Å². The third-order valence-electron chi connectivity index (χ3n) is 12.4. The summed E-state index contributed by atoms with van der Waals surface area (Å²) in [6.45, 7) is 10.4. The van der Waals surface area contributed by atoms with Gasteiger partial charge in [0.2, 0.25) is 11.7 Å². The molecule has 0 bridgehead atoms. The van der Waals surface area contributed by atoms with Crippen molar-refractivity contribution in [3.63, 3.8) is 0 Å². The summed E-state index contributed by atoms with van der Waals surface area (Å²) in [7, 11) is 0. The molecule has 41 heavy (non-hydrogen) atoms. The second-order valence-electron chi connectivity index (χ2n) is 15.1. The molecule has 0 aromatic rings. The monoisotopic (exact) mass is 574 g/mol. The van der Waals surface area contributed by atoms with Gasteiger partial charge in [-0.25, -0.2) is 0 Å². The van der Waals surface area contributed by atoms with Crippen molar-refractivity contribution in [3.05, 3.63) is 23.3 Å². The summed E-state index contributed by atoms with van der Waals surface area (Å²) >= 11 is 0. The Balaban J connectivity index is 1.65. The molecule has 5 aliphatic carbocycles. The van der Waals surface area contributed by atoms with Gasteiger partial charge in [0.1, 0.15) is 18.2 Å². The predicted octanol–water partition coefficient (Wildman–Crippen LogP) is 5.61. The van der Waals surface area contributed by atoms with Gasteiger partial charge in [-0.15, -0.1) is 0 Å². The number of hydrogen-bond donors (Lipinski definition) is 2. The van der Waals surface area contributed by atoms with Crippen molar-refractivity contribution in [2.45, 2.75) is 98.3 Å². The summed E-state index contributed by atoms with van der Waals surface area (Å²) in [6, 6.07) is 1.95. The molecule has 0 aromatic carbocycles. The first kappa shape index (κ1) is 30.0. The molecule has 224 valence electrons. The Labute approximate surface area is 239 Å². The lowest BCUT2D eigenvalue weighted by molar-refractivity contribution is -0.183. The standard InChI is InChI=1S/C32H41F3N2O4/c1-26(2)9-11-31(25(40)37-17-32(33,34)35)12-10-29(5)23(19(31)15-26)20(38)13-22-27(3)14-18(16-36)24(39)30(6,41)21(27)7-8-28(22,29)4/h13-14,19,21,23,41H,7-12,15,17H2,1-6H3,(H,37,40)/t19?,21-,23?,27+,28-,29-,30+,31+/m1/s1. The Kier molecular flexibility index (Phi) is 6.42. The molecule has 0 saturated heterocycles. The molecular weight excluding hydrogens is 533 g/mol. The fourth-order valence-electron chi connectivity index (χ4n) is 10.1. The van der Waals surface area contributed by atoms with Gasteiger partial charge in [-0.2, -0.15) is 18.4 Å². The third kappa shape index (κ3) is 4.02. The first-order chi connectivity index (χ1) is 18.7. The number of alkyl halides is 3. The second kappa shape index (κ2) is 8.78. The highest BCUT2D eigenvalue weighted by Crippen LogP contribution is 2.74. The number of carbonyl (C=O) groups is 3. The van der Waals surface area contributed by atoms with Crippen LogP contribution in [0.5, 0.6) is 0 Å². The highest BCUT2D eigenvalue weighted by atomic mass is 19.4. The van der Waals surface area contributed by atoms with E-state index >= 15 is 0 Å². The highest BCUT2D eigenvalue weighted by molar-refractivity contribution is 6.06. The van der Waals surface area contributed by atoms with Crippen molar-refractivity contribution in [2.24, 2.45) is 44.8 Å². The molecule has 0 aromatic heterocycles. The number of halogens is 3. The maximum Gasteiger partial charge on any atom is 0.405 e. The van der Waals surface area contributed by atoms with Gasteiger partial charge in [0.05, 0.1) is 11.0 Å². The summed E-state index contributed by atoms with van der Waals surface area (Å²) in [5.74, 6) is -2.87. The van der Waals surface area contributed by atoms with Gasteiger partial charge in [0.15, 0.2) is 5.78 Å². The lowest BCUT2D eigenvalue weighted by atomic mass is 9.34. The number of Topliss-reactive ketones (excluding diaryl/α,β-unsaturated/α-hetero) is 1. The average Bonchev–Trinajstić information content (AvgIpc) is 2.85. The number of rotatable bonds is 2. The quantitative estimate of drug-likeness (QED) is 0.446. The van der Waals surface area contributed by atoms with Crippen LogP contribution in [-0.2, 0) is 14.4 Å². The molecule has 3 saturated carbocycles. The largest absolute Gasteiger partial charge is 0.405 e. The van der Waals surface area contributed by atoms with Crippen LogP contribution in [0.2, 0.25) is 0 Å². The number of fused-ring (bicyclic) bond motifs is 7. The van der Waals surface area contributed by atoms with Crippen molar-refractivity contribution in [1.29, 1.82) is 5.26 Å². The molecule has 2 N–H and O–H groups in total. The van der Waals surface area contributed by atoms with Crippen LogP contribution in [0.4, 0.5) is 13.2 Å². The minimum atomic E-state index is -4.53. The molecular formula is C32H41F3N2O4. The van der Waals surface area contributed by atoms with Gasteiger partial charge >= 0.3 is 6.18 Å². The Morgan fingerprint density at radius 3 is 2.32 bits per heavy atom. The second-order valence-corrected chi connectivity index (χ2v) is 15.1. The Morgan fingerprint density at radius 2 is 1.71 bits per heavy atom. The van der Waals surface area contributed by atoms with Gasteiger partial charge < -0.3 is 10.4 Å². The molecule has 5 aliphatic rings. The summed E-state index contributed by atoms with van der Waals surface area (Å²) < 4.78 is 39.4. The smallest absolute Gasteiger partial charge is 0.382 e. The maximum atomic E-state index is 14.4. The van der Waals surface area contributed by atoms with Crippen LogP contribution in [0.15, 0.2) is 23.3 Å². The molecule has 1 amide bonds. The van der Waals surface area contributed by atoms with Crippen molar-refractivity contribution < 1.29 is 32.7 Å². The van der Waals surface area contributed by atoms with Crippen LogP contribution in [0.25, 0.3) is 0 Å². The molecule has 0 radical (unpaired) electrons. The fraction of sp³-hybridized carbons (Fsp3) is 0.750. The van der Waals surface area contributed by atoms with Crippen molar-refractivity contribution in [2.75, 3.05) is 6.54 Å². The van der Waals surface area contributed by atoms with Crippen LogP contribution in [0, 0.1) is 56.2 Å². The first-order valence-corrected chi connectivity index (χ1v) is 14.7. The zero-order valence-electron chi connectivity index (χ0n) is 24.8. The van der Waals surface area contributed by atoms with Gasteiger partial charge in [-0.05, 0) is 80.1 Å².